The van der Waals surface area contributed by atoms with E-state index in [0.29, 0.717) is 0 Å². The van der Waals surface area contributed by atoms with Gasteiger partial charge in [-0.25, -0.2) is 4.98 Å². The number of nitrogens with one attached hydrogen (secondary N) is 1. The number of rotatable bonds is 7. The Bertz CT molecular complexity index is 317. The van der Waals surface area contributed by atoms with Gasteiger partial charge in [0, 0.05) is 11.4 Å². The maximum Gasteiger partial charge on any atom is 0.0965 e. The van der Waals surface area contributed by atoms with Gasteiger partial charge in [-0.15, -0.1) is 11.8 Å². The fraction of sp³-hybridized carbons (Fsp3) is 0.643. The molecule has 96 valence electrons. The Morgan fingerprint density at radius 3 is 2.71 bits per heavy atom. The highest BCUT2D eigenvalue weighted by Crippen LogP contribution is 2.18. The molecule has 17 heavy (non-hydrogen) atoms. The number of pyridine rings is 1. The van der Waals surface area contributed by atoms with Gasteiger partial charge in [0.05, 0.1) is 5.03 Å². The molecule has 0 saturated heterocycles. The number of hydrogen-bond donors (Lipinski definition) is 1. The summed E-state index contributed by atoms with van der Waals surface area (Å²) in [6.07, 6.45) is 1.20. The van der Waals surface area contributed by atoms with Crippen LogP contribution in [0.25, 0.3) is 0 Å². The summed E-state index contributed by atoms with van der Waals surface area (Å²) >= 11 is 1.86. The van der Waals surface area contributed by atoms with Crippen LogP contribution in [0.15, 0.2) is 17.2 Å². The van der Waals surface area contributed by atoms with Crippen LogP contribution in [-0.2, 0) is 0 Å². The number of nitrogens with zero attached hydrogens (tertiary/aromatic N) is 1. The van der Waals surface area contributed by atoms with E-state index in [0.717, 1.165) is 35.5 Å². The molecule has 0 aromatic carbocycles. The molecule has 1 aromatic heterocycles. The lowest BCUT2D eigenvalue weighted by Gasteiger charge is -2.07. The Morgan fingerprint density at radius 1 is 1.29 bits per heavy atom. The van der Waals surface area contributed by atoms with Crippen LogP contribution in [0.4, 0.5) is 0 Å². The summed E-state index contributed by atoms with van der Waals surface area (Å²) in [6, 6.07) is 4.29. The van der Waals surface area contributed by atoms with Crippen molar-refractivity contribution in [2.45, 2.75) is 39.1 Å². The Hall–Kier alpha value is -0.540. The monoisotopic (exact) mass is 252 g/mol. The van der Waals surface area contributed by atoms with Gasteiger partial charge in [-0.05, 0) is 57.0 Å². The van der Waals surface area contributed by atoms with Crippen molar-refractivity contribution < 1.29 is 0 Å². The molecule has 0 atom stereocenters. The van der Waals surface area contributed by atoms with Crippen molar-refractivity contribution in [3.05, 3.63) is 23.4 Å². The van der Waals surface area contributed by atoms with Crippen molar-refractivity contribution in [2.75, 3.05) is 18.8 Å². The van der Waals surface area contributed by atoms with Gasteiger partial charge in [0.2, 0.25) is 0 Å². The van der Waals surface area contributed by atoms with E-state index in [-0.39, 0.29) is 0 Å². The lowest BCUT2D eigenvalue weighted by atomic mass is 10.2. The van der Waals surface area contributed by atoms with Gasteiger partial charge >= 0.3 is 0 Å². The Morgan fingerprint density at radius 2 is 2.06 bits per heavy atom. The SMILES string of the molecule is Cc1cc(C)nc(SCCCNCC(C)C)c1. The van der Waals surface area contributed by atoms with Gasteiger partial charge in [-0.2, -0.15) is 0 Å². The summed E-state index contributed by atoms with van der Waals surface area (Å²) in [5, 5.41) is 4.62. The molecule has 1 heterocycles. The molecule has 1 N–H and O–H groups in total. The molecule has 0 spiro atoms. The molecule has 0 aliphatic carbocycles. The van der Waals surface area contributed by atoms with Crippen LogP contribution in [0.5, 0.6) is 0 Å². The number of aryl methyl sites for hydroxylation is 2. The standard InChI is InChI=1S/C14H24N2S/c1-11(2)10-15-6-5-7-17-14-9-12(3)8-13(4)16-14/h8-9,11,15H,5-7,10H2,1-4H3. The molecule has 0 unspecified atom stereocenters. The van der Waals surface area contributed by atoms with Gasteiger partial charge in [-0.3, -0.25) is 0 Å². The highest BCUT2D eigenvalue weighted by atomic mass is 32.2. The third-order valence-corrected chi connectivity index (χ3v) is 3.37. The van der Waals surface area contributed by atoms with Crippen molar-refractivity contribution in [3.8, 4) is 0 Å². The van der Waals surface area contributed by atoms with E-state index in [1.165, 1.54) is 12.0 Å². The molecule has 1 aromatic rings. The van der Waals surface area contributed by atoms with Crippen molar-refractivity contribution in [1.82, 2.24) is 10.3 Å². The van der Waals surface area contributed by atoms with Crippen LogP contribution in [0.2, 0.25) is 0 Å². The summed E-state index contributed by atoms with van der Waals surface area (Å²) in [5.41, 5.74) is 2.42. The summed E-state index contributed by atoms with van der Waals surface area (Å²) in [5.74, 6) is 1.88. The average Bonchev–Trinajstić information content (AvgIpc) is 2.21. The fourth-order valence-electron chi connectivity index (χ4n) is 1.64. The second-order valence-electron chi connectivity index (χ2n) is 4.92. The lowest BCUT2D eigenvalue weighted by Crippen LogP contribution is -2.21. The van der Waals surface area contributed by atoms with Crippen LogP contribution in [0, 0.1) is 19.8 Å². The van der Waals surface area contributed by atoms with Crippen molar-refractivity contribution in [1.29, 1.82) is 0 Å². The van der Waals surface area contributed by atoms with Crippen LogP contribution in [0.1, 0.15) is 31.5 Å². The second kappa shape index (κ2) is 7.72. The largest absolute Gasteiger partial charge is 0.316 e. The van der Waals surface area contributed by atoms with E-state index in [4.69, 9.17) is 0 Å². The summed E-state index contributed by atoms with van der Waals surface area (Å²) < 4.78 is 0. The van der Waals surface area contributed by atoms with Gasteiger partial charge in [0.15, 0.2) is 0 Å². The molecule has 1 rings (SSSR count). The first-order valence-electron chi connectivity index (χ1n) is 6.36. The Labute approximate surface area is 110 Å². The van der Waals surface area contributed by atoms with E-state index in [1.54, 1.807) is 0 Å². The van der Waals surface area contributed by atoms with E-state index >= 15 is 0 Å². The number of aromatic nitrogens is 1. The molecule has 0 fully saturated rings. The molecule has 0 amide bonds. The van der Waals surface area contributed by atoms with Crippen LogP contribution < -0.4 is 5.32 Å². The minimum absolute atomic E-state index is 0.740. The van der Waals surface area contributed by atoms with Gasteiger partial charge in [0.1, 0.15) is 0 Å². The van der Waals surface area contributed by atoms with Gasteiger partial charge in [-0.1, -0.05) is 13.8 Å². The zero-order valence-corrected chi connectivity index (χ0v) is 12.2. The molecule has 0 bridgehead atoms. The van der Waals surface area contributed by atoms with Crippen LogP contribution in [-0.4, -0.2) is 23.8 Å². The summed E-state index contributed by atoms with van der Waals surface area (Å²) in [7, 11) is 0. The topological polar surface area (TPSA) is 24.9 Å². The second-order valence-corrected chi connectivity index (χ2v) is 6.04. The summed E-state index contributed by atoms with van der Waals surface area (Å²) in [6.45, 7) is 10.9. The average molecular weight is 252 g/mol. The minimum Gasteiger partial charge on any atom is -0.316 e. The zero-order valence-electron chi connectivity index (χ0n) is 11.4. The maximum absolute atomic E-state index is 4.52. The first-order chi connectivity index (χ1) is 8.08. The Kier molecular flexibility index (Phi) is 6.60. The maximum atomic E-state index is 4.52. The van der Waals surface area contributed by atoms with Crippen LogP contribution in [0.3, 0.4) is 0 Å². The molecule has 0 aliphatic heterocycles. The molecule has 0 aliphatic rings. The predicted octanol–water partition coefficient (Wildman–Crippen LogP) is 3.43. The van der Waals surface area contributed by atoms with E-state index in [9.17, 15) is 0 Å². The first kappa shape index (κ1) is 14.5. The van der Waals surface area contributed by atoms with Gasteiger partial charge in [0.25, 0.3) is 0 Å². The quantitative estimate of drug-likeness (QED) is 0.594. The summed E-state index contributed by atoms with van der Waals surface area (Å²) in [4.78, 5) is 4.52. The van der Waals surface area contributed by atoms with Crippen LogP contribution >= 0.6 is 11.8 Å². The molecule has 0 saturated carbocycles. The molecule has 3 heteroatoms. The highest BCUT2D eigenvalue weighted by molar-refractivity contribution is 7.99. The fourth-order valence-corrected chi connectivity index (χ4v) is 2.62. The zero-order chi connectivity index (χ0) is 12.7. The molecular weight excluding hydrogens is 228 g/mol. The third-order valence-electron chi connectivity index (χ3n) is 2.37. The van der Waals surface area contributed by atoms with Crippen molar-refractivity contribution in [3.63, 3.8) is 0 Å². The van der Waals surface area contributed by atoms with E-state index in [1.807, 2.05) is 11.8 Å². The van der Waals surface area contributed by atoms with E-state index in [2.05, 4.69) is 50.1 Å². The smallest absolute Gasteiger partial charge is 0.0965 e. The van der Waals surface area contributed by atoms with Crippen molar-refractivity contribution in [2.24, 2.45) is 5.92 Å². The normalized spacial score (nSPS) is 11.1. The number of thioether (sulfide) groups is 1. The molecule has 0 radical (unpaired) electrons. The minimum atomic E-state index is 0.740. The first-order valence-corrected chi connectivity index (χ1v) is 7.35. The Balaban J connectivity index is 2.18. The van der Waals surface area contributed by atoms with E-state index < -0.39 is 0 Å². The third kappa shape index (κ3) is 6.69. The molecule has 2 nitrogen and oxygen atoms in total. The lowest BCUT2D eigenvalue weighted by molar-refractivity contribution is 0.551. The highest BCUT2D eigenvalue weighted by Gasteiger charge is 1.99. The van der Waals surface area contributed by atoms with Gasteiger partial charge < -0.3 is 5.32 Å². The molecular formula is C14H24N2S. The van der Waals surface area contributed by atoms with Crippen molar-refractivity contribution >= 4 is 11.8 Å². The number of hydrogen-bond acceptors (Lipinski definition) is 3. The predicted molar refractivity (Wildman–Crippen MR) is 76.8 cm³/mol.